The standard InChI is InChI=1S/C12H24N2O4/c1-5-15-9-10-17-7-3-14-4-8-18-12-11-16-6-2-13-1/h1,5,13-14H,2-4,6-12H2/b5-1-. The quantitative estimate of drug-likeness (QED) is 0.624. The fraction of sp³-hybridized carbons (Fsp3) is 0.833. The van der Waals surface area contributed by atoms with E-state index in [2.05, 4.69) is 10.6 Å². The molecule has 1 aliphatic heterocycles. The Hall–Kier alpha value is -0.820. The van der Waals surface area contributed by atoms with Crippen molar-refractivity contribution in [3.63, 3.8) is 0 Å². The lowest BCUT2D eigenvalue weighted by Crippen LogP contribution is -2.25. The molecule has 0 bridgehead atoms. The van der Waals surface area contributed by atoms with Gasteiger partial charge in [0.05, 0.1) is 45.9 Å². The highest BCUT2D eigenvalue weighted by atomic mass is 16.5. The molecule has 0 aromatic heterocycles. The van der Waals surface area contributed by atoms with E-state index >= 15 is 0 Å². The van der Waals surface area contributed by atoms with Crippen molar-refractivity contribution in [2.45, 2.75) is 0 Å². The molecule has 0 aliphatic carbocycles. The van der Waals surface area contributed by atoms with E-state index in [-0.39, 0.29) is 0 Å². The summed E-state index contributed by atoms with van der Waals surface area (Å²) >= 11 is 0. The normalized spacial score (nSPS) is 24.0. The second-order valence-corrected chi connectivity index (χ2v) is 3.71. The van der Waals surface area contributed by atoms with E-state index in [0.717, 1.165) is 19.6 Å². The van der Waals surface area contributed by atoms with Gasteiger partial charge in [-0.3, -0.25) is 0 Å². The summed E-state index contributed by atoms with van der Waals surface area (Å²) in [7, 11) is 0. The topological polar surface area (TPSA) is 61.0 Å². The van der Waals surface area contributed by atoms with Crippen molar-refractivity contribution in [2.75, 3.05) is 65.9 Å². The third-order valence-electron chi connectivity index (χ3n) is 2.24. The van der Waals surface area contributed by atoms with Gasteiger partial charge in [0.15, 0.2) is 0 Å². The van der Waals surface area contributed by atoms with Gasteiger partial charge < -0.3 is 29.6 Å². The molecule has 0 fully saturated rings. The van der Waals surface area contributed by atoms with Crippen LogP contribution >= 0.6 is 0 Å². The third-order valence-corrected chi connectivity index (χ3v) is 2.24. The molecule has 6 heteroatoms. The average Bonchev–Trinajstić information content (AvgIpc) is 2.39. The minimum atomic E-state index is 0.567. The van der Waals surface area contributed by atoms with Crippen LogP contribution in [-0.4, -0.2) is 65.9 Å². The lowest BCUT2D eigenvalue weighted by molar-refractivity contribution is 0.0486. The maximum atomic E-state index is 5.40. The van der Waals surface area contributed by atoms with E-state index in [1.165, 1.54) is 0 Å². The SMILES string of the molecule is C1=C\OCCOCCNCCOCCOCCN/1. The Morgan fingerprint density at radius 3 is 2.00 bits per heavy atom. The summed E-state index contributed by atoms with van der Waals surface area (Å²) in [6.45, 7) is 6.92. The Kier molecular flexibility index (Phi) is 10.7. The summed E-state index contributed by atoms with van der Waals surface area (Å²) in [5.74, 6) is 0. The van der Waals surface area contributed by atoms with Gasteiger partial charge in [0.25, 0.3) is 0 Å². The van der Waals surface area contributed by atoms with Crippen LogP contribution in [0.25, 0.3) is 0 Å². The highest BCUT2D eigenvalue weighted by Crippen LogP contribution is 1.82. The van der Waals surface area contributed by atoms with Crippen LogP contribution in [0.3, 0.4) is 0 Å². The molecule has 2 N–H and O–H groups in total. The summed E-state index contributed by atoms with van der Waals surface area (Å²) in [5.41, 5.74) is 0. The molecular weight excluding hydrogens is 236 g/mol. The lowest BCUT2D eigenvalue weighted by atomic mass is 10.6. The molecule has 1 heterocycles. The van der Waals surface area contributed by atoms with E-state index in [1.807, 2.05) is 0 Å². The molecule has 0 unspecified atom stereocenters. The Bertz CT molecular complexity index is 183. The predicted molar refractivity (Wildman–Crippen MR) is 68.4 cm³/mol. The van der Waals surface area contributed by atoms with Gasteiger partial charge in [-0.05, 0) is 0 Å². The first-order chi connectivity index (χ1) is 9.00. The molecule has 6 nitrogen and oxygen atoms in total. The number of rotatable bonds is 0. The summed E-state index contributed by atoms with van der Waals surface area (Å²) in [6, 6.07) is 0. The van der Waals surface area contributed by atoms with Crippen LogP contribution in [0, 0.1) is 0 Å². The fourth-order valence-electron chi connectivity index (χ4n) is 1.32. The Morgan fingerprint density at radius 1 is 0.667 bits per heavy atom. The largest absolute Gasteiger partial charge is 0.497 e. The molecule has 1 rings (SSSR count). The van der Waals surface area contributed by atoms with Crippen LogP contribution in [0.2, 0.25) is 0 Å². The lowest BCUT2D eigenvalue weighted by Gasteiger charge is -2.08. The number of hydrogen-bond donors (Lipinski definition) is 2. The highest BCUT2D eigenvalue weighted by Gasteiger charge is 1.92. The van der Waals surface area contributed by atoms with Crippen molar-refractivity contribution < 1.29 is 18.9 Å². The van der Waals surface area contributed by atoms with Crippen LogP contribution in [-0.2, 0) is 18.9 Å². The smallest absolute Gasteiger partial charge is 0.111 e. The van der Waals surface area contributed by atoms with Crippen molar-refractivity contribution in [3.8, 4) is 0 Å². The summed E-state index contributed by atoms with van der Waals surface area (Å²) < 4.78 is 21.4. The first-order valence-electron chi connectivity index (χ1n) is 6.44. The average molecular weight is 260 g/mol. The minimum absolute atomic E-state index is 0.567. The van der Waals surface area contributed by atoms with Crippen molar-refractivity contribution >= 4 is 0 Å². The van der Waals surface area contributed by atoms with E-state index in [1.54, 1.807) is 12.5 Å². The molecule has 0 amide bonds. The minimum Gasteiger partial charge on any atom is -0.497 e. The second kappa shape index (κ2) is 12.6. The van der Waals surface area contributed by atoms with E-state index in [0.29, 0.717) is 46.2 Å². The molecule has 1 aliphatic rings. The van der Waals surface area contributed by atoms with Gasteiger partial charge >= 0.3 is 0 Å². The van der Waals surface area contributed by atoms with E-state index in [9.17, 15) is 0 Å². The molecule has 0 saturated heterocycles. The molecule has 18 heavy (non-hydrogen) atoms. The summed E-state index contributed by atoms with van der Waals surface area (Å²) in [4.78, 5) is 0. The van der Waals surface area contributed by atoms with Gasteiger partial charge in [-0.2, -0.15) is 0 Å². The van der Waals surface area contributed by atoms with E-state index < -0.39 is 0 Å². The molecule has 0 spiro atoms. The molecule has 0 radical (unpaired) electrons. The van der Waals surface area contributed by atoms with Gasteiger partial charge in [0.1, 0.15) is 6.61 Å². The zero-order valence-corrected chi connectivity index (χ0v) is 10.9. The van der Waals surface area contributed by atoms with Gasteiger partial charge in [-0.15, -0.1) is 0 Å². The van der Waals surface area contributed by atoms with Gasteiger partial charge in [0, 0.05) is 25.8 Å². The molecule has 0 aromatic carbocycles. The number of ether oxygens (including phenoxy) is 4. The summed E-state index contributed by atoms with van der Waals surface area (Å²) in [5, 5.41) is 6.30. The molecular formula is C12H24N2O4. The van der Waals surface area contributed by atoms with Gasteiger partial charge in [-0.25, -0.2) is 0 Å². The first kappa shape index (κ1) is 15.2. The number of hydrogen-bond acceptors (Lipinski definition) is 6. The van der Waals surface area contributed by atoms with Crippen molar-refractivity contribution in [3.05, 3.63) is 12.5 Å². The van der Waals surface area contributed by atoms with Crippen LogP contribution < -0.4 is 10.6 Å². The first-order valence-corrected chi connectivity index (χ1v) is 6.44. The molecule has 0 atom stereocenters. The number of nitrogens with one attached hydrogen (secondary N) is 2. The van der Waals surface area contributed by atoms with Crippen LogP contribution in [0.15, 0.2) is 12.5 Å². The van der Waals surface area contributed by atoms with Crippen molar-refractivity contribution in [1.29, 1.82) is 0 Å². The Morgan fingerprint density at radius 2 is 1.28 bits per heavy atom. The zero-order valence-electron chi connectivity index (χ0n) is 10.9. The second-order valence-electron chi connectivity index (χ2n) is 3.71. The zero-order chi connectivity index (χ0) is 12.7. The van der Waals surface area contributed by atoms with Crippen LogP contribution in [0.4, 0.5) is 0 Å². The Balaban J connectivity index is 2.06. The van der Waals surface area contributed by atoms with Crippen LogP contribution in [0.5, 0.6) is 0 Å². The third kappa shape index (κ3) is 10.3. The van der Waals surface area contributed by atoms with Gasteiger partial charge in [-0.1, -0.05) is 0 Å². The highest BCUT2D eigenvalue weighted by molar-refractivity contribution is 4.69. The maximum absolute atomic E-state index is 5.40. The fourth-order valence-corrected chi connectivity index (χ4v) is 1.32. The molecule has 106 valence electrons. The van der Waals surface area contributed by atoms with Crippen molar-refractivity contribution in [2.24, 2.45) is 0 Å². The summed E-state index contributed by atoms with van der Waals surface area (Å²) in [6.07, 6.45) is 3.40. The molecule has 0 saturated carbocycles. The van der Waals surface area contributed by atoms with Gasteiger partial charge in [0.2, 0.25) is 0 Å². The monoisotopic (exact) mass is 260 g/mol. The van der Waals surface area contributed by atoms with Crippen LogP contribution in [0.1, 0.15) is 0 Å². The molecule has 0 aromatic rings. The van der Waals surface area contributed by atoms with Crippen molar-refractivity contribution in [1.82, 2.24) is 10.6 Å². The predicted octanol–water partition coefficient (Wildman–Crippen LogP) is -0.283. The Labute approximate surface area is 109 Å². The van der Waals surface area contributed by atoms with E-state index in [4.69, 9.17) is 18.9 Å². The maximum Gasteiger partial charge on any atom is 0.111 e.